The maximum absolute atomic E-state index is 12.3. The number of methoxy groups -OCH3 is 1. The Bertz CT molecular complexity index is 460. The standard InChI is InChI=1S/C15H30N2O4S/c1-12-13(15(2,3)14(12)20-4)16-22(18,19)11-5-6-17-7-9-21-10-8-17/h12-14,16H,5-11H2,1-4H3/t12-,13+,14-/m1/s1. The zero-order valence-electron chi connectivity index (χ0n) is 14.2. The summed E-state index contributed by atoms with van der Waals surface area (Å²) in [6, 6.07) is -0.0502. The van der Waals surface area contributed by atoms with Crippen LogP contribution in [0.1, 0.15) is 27.2 Å². The third-order valence-electron chi connectivity index (χ3n) is 5.09. The molecule has 1 aliphatic carbocycles. The van der Waals surface area contributed by atoms with E-state index in [1.807, 2.05) is 6.92 Å². The largest absolute Gasteiger partial charge is 0.380 e. The molecule has 3 atom stereocenters. The van der Waals surface area contributed by atoms with Crippen LogP contribution in [-0.2, 0) is 19.5 Å². The summed E-state index contributed by atoms with van der Waals surface area (Å²) in [6.45, 7) is 10.3. The molecular weight excluding hydrogens is 304 g/mol. The van der Waals surface area contributed by atoms with E-state index < -0.39 is 10.0 Å². The molecule has 0 bridgehead atoms. The van der Waals surface area contributed by atoms with Gasteiger partial charge >= 0.3 is 0 Å². The van der Waals surface area contributed by atoms with Crippen LogP contribution in [0.15, 0.2) is 0 Å². The lowest BCUT2D eigenvalue weighted by molar-refractivity contribution is -0.138. The Morgan fingerprint density at radius 2 is 1.95 bits per heavy atom. The zero-order chi connectivity index (χ0) is 16.4. The van der Waals surface area contributed by atoms with Crippen LogP contribution in [0.3, 0.4) is 0 Å². The van der Waals surface area contributed by atoms with Crippen molar-refractivity contribution in [2.75, 3.05) is 45.7 Å². The predicted molar refractivity (Wildman–Crippen MR) is 86.3 cm³/mol. The smallest absolute Gasteiger partial charge is 0.211 e. The first-order valence-corrected chi connectivity index (χ1v) is 9.76. The summed E-state index contributed by atoms with van der Waals surface area (Å²) in [4.78, 5) is 2.26. The molecule has 6 nitrogen and oxygen atoms in total. The van der Waals surface area contributed by atoms with Gasteiger partial charge in [-0.25, -0.2) is 13.1 Å². The third kappa shape index (κ3) is 4.00. The van der Waals surface area contributed by atoms with E-state index in [1.165, 1.54) is 0 Å². The van der Waals surface area contributed by atoms with Crippen LogP contribution in [0, 0.1) is 11.3 Å². The van der Waals surface area contributed by atoms with Crippen LogP contribution < -0.4 is 4.72 Å². The van der Waals surface area contributed by atoms with Gasteiger partial charge in [0.05, 0.1) is 25.1 Å². The van der Waals surface area contributed by atoms with Crippen LogP contribution in [0.5, 0.6) is 0 Å². The van der Waals surface area contributed by atoms with Crippen LogP contribution in [-0.4, -0.2) is 71.2 Å². The van der Waals surface area contributed by atoms with Crippen LogP contribution in [0.25, 0.3) is 0 Å². The lowest BCUT2D eigenvalue weighted by atomic mass is 9.58. The number of morpholine rings is 1. The first kappa shape index (κ1) is 18.1. The lowest BCUT2D eigenvalue weighted by Crippen LogP contribution is -2.68. The van der Waals surface area contributed by atoms with Gasteiger partial charge in [-0.15, -0.1) is 0 Å². The van der Waals surface area contributed by atoms with Crippen molar-refractivity contribution in [2.45, 2.75) is 39.3 Å². The quantitative estimate of drug-likeness (QED) is 0.742. The van der Waals surface area contributed by atoms with Crippen molar-refractivity contribution in [1.29, 1.82) is 0 Å². The van der Waals surface area contributed by atoms with E-state index in [0.29, 0.717) is 6.42 Å². The fraction of sp³-hybridized carbons (Fsp3) is 1.00. The van der Waals surface area contributed by atoms with Crippen LogP contribution in [0.2, 0.25) is 0 Å². The number of nitrogens with one attached hydrogen (secondary N) is 1. The summed E-state index contributed by atoms with van der Waals surface area (Å²) < 4.78 is 38.3. The molecule has 1 aliphatic heterocycles. The minimum Gasteiger partial charge on any atom is -0.380 e. The Morgan fingerprint density at radius 1 is 1.32 bits per heavy atom. The zero-order valence-corrected chi connectivity index (χ0v) is 15.0. The molecule has 1 N–H and O–H groups in total. The van der Waals surface area contributed by atoms with Gasteiger partial charge in [0.2, 0.25) is 10.0 Å². The van der Waals surface area contributed by atoms with Gasteiger partial charge in [-0.1, -0.05) is 20.8 Å². The molecule has 0 aromatic carbocycles. The van der Waals surface area contributed by atoms with Gasteiger partial charge in [0.1, 0.15) is 0 Å². The summed E-state index contributed by atoms with van der Waals surface area (Å²) in [5.74, 6) is 0.385. The van der Waals surface area contributed by atoms with Gasteiger partial charge < -0.3 is 9.47 Å². The Morgan fingerprint density at radius 3 is 2.50 bits per heavy atom. The molecular formula is C15H30N2O4S. The van der Waals surface area contributed by atoms with E-state index in [2.05, 4.69) is 23.5 Å². The highest BCUT2D eigenvalue weighted by Gasteiger charge is 2.55. The Hall–Kier alpha value is -0.210. The van der Waals surface area contributed by atoms with Crippen molar-refractivity contribution >= 4 is 10.0 Å². The molecule has 2 fully saturated rings. The molecule has 0 unspecified atom stereocenters. The van der Waals surface area contributed by atoms with Gasteiger partial charge in [-0.3, -0.25) is 4.90 Å². The van der Waals surface area contributed by atoms with Gasteiger partial charge in [0, 0.05) is 31.7 Å². The van der Waals surface area contributed by atoms with Gasteiger partial charge in [-0.05, 0) is 18.9 Å². The Balaban J connectivity index is 1.79. The van der Waals surface area contributed by atoms with Crippen molar-refractivity contribution < 1.29 is 17.9 Å². The predicted octanol–water partition coefficient (Wildman–Crippen LogP) is 0.688. The van der Waals surface area contributed by atoms with Crippen LogP contribution >= 0.6 is 0 Å². The second kappa shape index (κ2) is 7.13. The van der Waals surface area contributed by atoms with Gasteiger partial charge in [-0.2, -0.15) is 0 Å². The molecule has 1 saturated heterocycles. The molecule has 2 aliphatic rings. The highest BCUT2D eigenvalue weighted by atomic mass is 32.2. The second-order valence-electron chi connectivity index (χ2n) is 7.06. The van der Waals surface area contributed by atoms with E-state index in [4.69, 9.17) is 9.47 Å². The molecule has 0 aromatic heterocycles. The Labute approximate surface area is 134 Å². The lowest BCUT2D eigenvalue weighted by Gasteiger charge is -2.56. The Kier molecular flexibility index (Phi) is 5.88. The molecule has 0 aromatic rings. The maximum atomic E-state index is 12.3. The fourth-order valence-corrected chi connectivity index (χ4v) is 5.45. The van der Waals surface area contributed by atoms with Crippen molar-refractivity contribution in [3.8, 4) is 0 Å². The van der Waals surface area contributed by atoms with Crippen molar-refractivity contribution in [3.63, 3.8) is 0 Å². The highest BCUT2D eigenvalue weighted by molar-refractivity contribution is 7.89. The molecule has 0 spiro atoms. The summed E-state index contributed by atoms with van der Waals surface area (Å²) in [6.07, 6.45) is 0.762. The molecule has 22 heavy (non-hydrogen) atoms. The second-order valence-corrected chi connectivity index (χ2v) is 8.93. The third-order valence-corrected chi connectivity index (χ3v) is 6.53. The molecule has 130 valence electrons. The van der Waals surface area contributed by atoms with Crippen LogP contribution in [0.4, 0.5) is 0 Å². The SMILES string of the molecule is CO[C@@H]1[C@H](C)[C@H](NS(=O)(=O)CCCN2CCOCC2)C1(C)C. The van der Waals surface area contributed by atoms with Gasteiger partial charge in [0.25, 0.3) is 0 Å². The van der Waals surface area contributed by atoms with E-state index >= 15 is 0 Å². The molecule has 2 rings (SSSR count). The summed E-state index contributed by atoms with van der Waals surface area (Å²) in [5, 5.41) is 0. The summed E-state index contributed by atoms with van der Waals surface area (Å²) >= 11 is 0. The summed E-state index contributed by atoms with van der Waals surface area (Å²) in [5.41, 5.74) is -0.161. The molecule has 7 heteroatoms. The number of nitrogens with zero attached hydrogens (tertiary/aromatic N) is 1. The molecule has 0 radical (unpaired) electrons. The first-order chi connectivity index (χ1) is 10.3. The fourth-order valence-electron chi connectivity index (χ4n) is 3.92. The van der Waals surface area contributed by atoms with Crippen molar-refractivity contribution in [3.05, 3.63) is 0 Å². The normalized spacial score (nSPS) is 32.6. The topological polar surface area (TPSA) is 67.9 Å². The molecule has 1 saturated carbocycles. The van der Waals surface area contributed by atoms with E-state index in [9.17, 15) is 8.42 Å². The number of hydrogen-bond donors (Lipinski definition) is 1. The van der Waals surface area contributed by atoms with Gasteiger partial charge in [0.15, 0.2) is 0 Å². The highest BCUT2D eigenvalue weighted by Crippen LogP contribution is 2.47. The van der Waals surface area contributed by atoms with Crippen molar-refractivity contribution in [2.24, 2.45) is 11.3 Å². The first-order valence-electron chi connectivity index (χ1n) is 8.11. The average Bonchev–Trinajstić information content (AvgIpc) is 2.46. The minimum atomic E-state index is -3.24. The molecule has 1 heterocycles. The maximum Gasteiger partial charge on any atom is 0.211 e. The summed E-state index contributed by atoms with van der Waals surface area (Å²) in [7, 11) is -1.55. The monoisotopic (exact) mass is 334 g/mol. The number of rotatable bonds is 7. The van der Waals surface area contributed by atoms with E-state index in [0.717, 1.165) is 32.8 Å². The number of hydrogen-bond acceptors (Lipinski definition) is 5. The number of sulfonamides is 1. The minimum absolute atomic E-state index is 0.0502. The van der Waals surface area contributed by atoms with E-state index in [1.54, 1.807) is 7.11 Å². The van der Waals surface area contributed by atoms with E-state index in [-0.39, 0.29) is 29.2 Å². The molecule has 0 amide bonds. The number of ether oxygens (including phenoxy) is 2. The van der Waals surface area contributed by atoms with Crippen molar-refractivity contribution in [1.82, 2.24) is 9.62 Å². The average molecular weight is 334 g/mol.